The zero-order valence-electron chi connectivity index (χ0n) is 25.8. The highest BCUT2D eigenvalue weighted by molar-refractivity contribution is 7.30. The van der Waals surface area contributed by atoms with E-state index in [0.717, 1.165) is 0 Å². The summed E-state index contributed by atoms with van der Waals surface area (Å²) in [6.07, 6.45) is 0. The van der Waals surface area contributed by atoms with Crippen molar-refractivity contribution in [2.45, 2.75) is 0 Å². The summed E-state index contributed by atoms with van der Waals surface area (Å²) in [5, 5.41) is 15.8. The highest BCUT2D eigenvalue weighted by Gasteiger charge is 2.23. The van der Waals surface area contributed by atoms with Crippen molar-refractivity contribution in [3.63, 3.8) is 0 Å². The van der Waals surface area contributed by atoms with Crippen LogP contribution in [0.4, 0.5) is 0 Å². The Labute approximate surface area is 284 Å². The number of hydrogen-bond acceptors (Lipinski definition) is 2. The number of benzene rings is 9. The van der Waals surface area contributed by atoms with E-state index in [9.17, 15) is 0 Å². The first-order chi connectivity index (χ1) is 23.8. The molecule has 11 rings (SSSR count). The minimum atomic E-state index is 1.27. The van der Waals surface area contributed by atoms with Crippen molar-refractivity contribution in [1.82, 2.24) is 0 Å². The van der Waals surface area contributed by atoms with Crippen LogP contribution in [0.2, 0.25) is 0 Å². The van der Waals surface area contributed by atoms with E-state index in [2.05, 4.69) is 158 Å². The fourth-order valence-corrected chi connectivity index (χ4v) is 10.9. The van der Waals surface area contributed by atoms with E-state index in [4.69, 9.17) is 0 Å². The van der Waals surface area contributed by atoms with Crippen molar-refractivity contribution in [3.05, 3.63) is 158 Å². The van der Waals surface area contributed by atoms with Crippen LogP contribution in [0.3, 0.4) is 0 Å². The highest BCUT2D eigenvalue weighted by Crippen LogP contribution is 2.53. The maximum absolute atomic E-state index is 2.52. The molecule has 0 amide bonds. The molecule has 0 unspecified atom stereocenters. The van der Waals surface area contributed by atoms with E-state index >= 15 is 0 Å². The molecule has 2 heteroatoms. The van der Waals surface area contributed by atoms with Crippen LogP contribution in [0.15, 0.2) is 158 Å². The van der Waals surface area contributed by atoms with Crippen molar-refractivity contribution in [1.29, 1.82) is 0 Å². The Hall–Kier alpha value is -5.54. The second-order valence-corrected chi connectivity index (χ2v) is 14.8. The molecule has 11 aromatic rings. The molecule has 48 heavy (non-hydrogen) atoms. The summed E-state index contributed by atoms with van der Waals surface area (Å²) >= 11 is 3.89. The smallest absolute Gasteiger partial charge is 0.0454 e. The van der Waals surface area contributed by atoms with Gasteiger partial charge in [0, 0.05) is 40.3 Å². The molecule has 2 aromatic heterocycles. The average Bonchev–Trinajstić information content (AvgIpc) is 3.72. The number of fused-ring (bicyclic) bond motifs is 12. The van der Waals surface area contributed by atoms with Crippen LogP contribution in [0.1, 0.15) is 0 Å². The maximum Gasteiger partial charge on any atom is 0.0454 e. The van der Waals surface area contributed by atoms with Gasteiger partial charge in [0.2, 0.25) is 0 Å². The van der Waals surface area contributed by atoms with Gasteiger partial charge in [-0.3, -0.25) is 0 Å². The van der Waals surface area contributed by atoms with E-state index in [1.807, 2.05) is 22.7 Å². The molecule has 0 saturated carbocycles. The SMILES string of the molecule is c1ccc2c(-c3c4ccccc4c(-c4cc5sc6c7ccccc7ccc6c5c5sc6ccccc6c45)c4ccccc34)cccc2c1. The first kappa shape index (κ1) is 26.5. The summed E-state index contributed by atoms with van der Waals surface area (Å²) in [6.45, 7) is 0. The van der Waals surface area contributed by atoms with Crippen molar-refractivity contribution in [3.8, 4) is 22.3 Å². The van der Waals surface area contributed by atoms with E-state index in [1.54, 1.807) is 0 Å². The predicted molar refractivity (Wildman–Crippen MR) is 213 cm³/mol. The van der Waals surface area contributed by atoms with Crippen molar-refractivity contribution in [2.24, 2.45) is 0 Å². The second-order valence-electron chi connectivity index (χ2n) is 12.7. The van der Waals surface area contributed by atoms with Gasteiger partial charge in [0.25, 0.3) is 0 Å². The zero-order chi connectivity index (χ0) is 31.3. The van der Waals surface area contributed by atoms with Gasteiger partial charge in [0.05, 0.1) is 0 Å². The molecule has 0 aliphatic heterocycles. The molecule has 9 aromatic carbocycles. The Bertz CT molecular complexity index is 3060. The highest BCUT2D eigenvalue weighted by atomic mass is 32.1. The van der Waals surface area contributed by atoms with Gasteiger partial charge in [-0.15, -0.1) is 22.7 Å². The van der Waals surface area contributed by atoms with Gasteiger partial charge in [-0.2, -0.15) is 0 Å². The molecule has 222 valence electrons. The van der Waals surface area contributed by atoms with Crippen LogP contribution in [0.5, 0.6) is 0 Å². The van der Waals surface area contributed by atoms with Crippen molar-refractivity contribution >= 4 is 106 Å². The lowest BCUT2D eigenvalue weighted by molar-refractivity contribution is 1.70. The first-order valence-electron chi connectivity index (χ1n) is 16.4. The first-order valence-corrected chi connectivity index (χ1v) is 18.1. The molecular formula is C46H26S2. The standard InChI is InChI=1S/C46H26S2/c1-3-15-29-27(12-1)14-11-22-31(29)41-32-17-5-7-19-34(32)42(35-20-8-6-18-33(35)41)38-26-40-44(46-43(38)36-21-9-10-23-39(36)47-46)37-25-24-28-13-2-4-16-30(28)45(37)48-40/h1-26H. The fourth-order valence-electron chi connectivity index (χ4n) is 8.22. The Morgan fingerprint density at radius 3 is 1.52 bits per heavy atom. The molecule has 0 nitrogen and oxygen atoms in total. The second kappa shape index (κ2) is 9.98. The molecule has 0 saturated heterocycles. The summed E-state index contributed by atoms with van der Waals surface area (Å²) < 4.78 is 5.45. The van der Waals surface area contributed by atoms with Crippen LogP contribution in [-0.2, 0) is 0 Å². The maximum atomic E-state index is 2.52. The van der Waals surface area contributed by atoms with Gasteiger partial charge in [-0.25, -0.2) is 0 Å². The Morgan fingerprint density at radius 1 is 0.292 bits per heavy atom. The Balaban J connectivity index is 1.35. The lowest BCUT2D eigenvalue weighted by atomic mass is 9.83. The fraction of sp³-hybridized carbons (Fsp3) is 0. The van der Waals surface area contributed by atoms with Gasteiger partial charge >= 0.3 is 0 Å². The number of rotatable bonds is 2. The van der Waals surface area contributed by atoms with Crippen LogP contribution in [0, 0.1) is 0 Å². The molecule has 0 spiro atoms. The third kappa shape index (κ3) is 3.59. The molecule has 0 bridgehead atoms. The van der Waals surface area contributed by atoms with Crippen LogP contribution < -0.4 is 0 Å². The minimum absolute atomic E-state index is 1.27. The van der Waals surface area contributed by atoms with Crippen LogP contribution >= 0.6 is 22.7 Å². The summed E-state index contributed by atoms with van der Waals surface area (Å²) in [7, 11) is 0. The summed E-state index contributed by atoms with van der Waals surface area (Å²) in [5.41, 5.74) is 5.23. The molecule has 2 heterocycles. The average molecular weight is 643 g/mol. The van der Waals surface area contributed by atoms with Crippen LogP contribution in [-0.4, -0.2) is 0 Å². The largest absolute Gasteiger partial charge is 0.134 e. The van der Waals surface area contributed by atoms with Gasteiger partial charge in [0.1, 0.15) is 0 Å². The van der Waals surface area contributed by atoms with E-state index in [-0.39, 0.29) is 0 Å². The van der Waals surface area contributed by atoms with Crippen LogP contribution in [0.25, 0.3) is 106 Å². The molecular weight excluding hydrogens is 617 g/mol. The number of hydrogen-bond donors (Lipinski definition) is 0. The Kier molecular flexibility index (Phi) is 5.51. The monoisotopic (exact) mass is 642 g/mol. The zero-order valence-corrected chi connectivity index (χ0v) is 27.5. The molecule has 0 aliphatic carbocycles. The third-order valence-corrected chi connectivity index (χ3v) is 12.6. The number of thiophene rings is 2. The van der Waals surface area contributed by atoms with Gasteiger partial charge in [0.15, 0.2) is 0 Å². The lowest BCUT2D eigenvalue weighted by Crippen LogP contribution is -1.92. The summed E-state index contributed by atoms with van der Waals surface area (Å²) in [6, 6.07) is 58.6. The molecule has 0 atom stereocenters. The molecule has 0 N–H and O–H groups in total. The predicted octanol–water partition coefficient (Wildman–Crippen LogP) is 14.4. The molecule has 0 fully saturated rings. The molecule has 0 radical (unpaired) electrons. The van der Waals surface area contributed by atoms with E-state index < -0.39 is 0 Å². The molecule has 0 aliphatic rings. The van der Waals surface area contributed by atoms with E-state index in [1.165, 1.54) is 106 Å². The van der Waals surface area contributed by atoms with E-state index in [0.29, 0.717) is 0 Å². The third-order valence-electron chi connectivity index (χ3n) is 10.2. The lowest BCUT2D eigenvalue weighted by Gasteiger charge is -2.19. The normalized spacial score (nSPS) is 12.2. The summed E-state index contributed by atoms with van der Waals surface area (Å²) in [4.78, 5) is 0. The van der Waals surface area contributed by atoms with Crippen molar-refractivity contribution < 1.29 is 0 Å². The topological polar surface area (TPSA) is 0 Å². The Morgan fingerprint density at radius 2 is 0.812 bits per heavy atom. The van der Waals surface area contributed by atoms with Crippen molar-refractivity contribution in [2.75, 3.05) is 0 Å². The minimum Gasteiger partial charge on any atom is -0.134 e. The van der Waals surface area contributed by atoms with Gasteiger partial charge < -0.3 is 0 Å². The van der Waals surface area contributed by atoms with Gasteiger partial charge in [-0.1, -0.05) is 146 Å². The quantitative estimate of drug-likeness (QED) is 0.165. The summed E-state index contributed by atoms with van der Waals surface area (Å²) in [5.74, 6) is 0. The van der Waals surface area contributed by atoms with Gasteiger partial charge in [-0.05, 0) is 77.5 Å².